The zero-order chi connectivity index (χ0) is 15.4. The number of ether oxygens (including phenoxy) is 1. The van der Waals surface area contributed by atoms with Crippen LogP contribution in [0.1, 0.15) is 18.5 Å². The van der Waals surface area contributed by atoms with Crippen LogP contribution in [0.25, 0.3) is 0 Å². The van der Waals surface area contributed by atoms with E-state index in [9.17, 15) is 4.39 Å². The van der Waals surface area contributed by atoms with Crippen molar-refractivity contribution in [2.75, 3.05) is 19.7 Å². The molecular formula is C17H22FN3O. The maximum Gasteiger partial charge on any atom is 0.126 e. The quantitative estimate of drug-likeness (QED) is 0.851. The number of aromatic nitrogens is 2. The molecule has 0 amide bonds. The zero-order valence-electron chi connectivity index (χ0n) is 12.9. The number of halogens is 1. The second kappa shape index (κ2) is 6.92. The average molecular weight is 303 g/mol. The summed E-state index contributed by atoms with van der Waals surface area (Å²) in [5.74, 6) is 0.855. The van der Waals surface area contributed by atoms with Crippen molar-refractivity contribution in [3.8, 4) is 5.75 Å². The molecule has 4 nitrogen and oxygen atoms in total. The molecular weight excluding hydrogens is 281 g/mol. The van der Waals surface area contributed by atoms with Gasteiger partial charge in [0.25, 0.3) is 0 Å². The lowest BCUT2D eigenvalue weighted by atomic mass is 9.99. The molecule has 0 spiro atoms. The minimum atomic E-state index is -0.251. The average Bonchev–Trinajstić information content (AvgIpc) is 2.91. The van der Waals surface area contributed by atoms with E-state index in [1.165, 1.54) is 24.2 Å². The van der Waals surface area contributed by atoms with Crippen molar-refractivity contribution in [2.45, 2.75) is 19.4 Å². The zero-order valence-corrected chi connectivity index (χ0v) is 12.9. The highest BCUT2D eigenvalue weighted by Gasteiger charge is 2.21. The van der Waals surface area contributed by atoms with Crippen LogP contribution >= 0.6 is 0 Å². The fourth-order valence-corrected chi connectivity index (χ4v) is 2.97. The van der Waals surface area contributed by atoms with Gasteiger partial charge < -0.3 is 9.30 Å². The highest BCUT2D eigenvalue weighted by atomic mass is 19.1. The van der Waals surface area contributed by atoms with E-state index in [1.54, 1.807) is 12.1 Å². The first-order valence-electron chi connectivity index (χ1n) is 7.76. The standard InChI is InChI=1S/C17H22FN3O/c1-20-13-19-9-16(20)11-21-7-3-4-14(10-21)12-22-17-6-2-5-15(18)8-17/h2,5-6,8-9,13-14H,3-4,7,10-12H2,1H3/t14-/m1/s1. The molecule has 22 heavy (non-hydrogen) atoms. The van der Waals surface area contributed by atoms with Crippen LogP contribution < -0.4 is 4.74 Å². The third kappa shape index (κ3) is 3.85. The predicted octanol–water partition coefficient (Wildman–Crippen LogP) is 2.85. The molecule has 2 heterocycles. The Hall–Kier alpha value is -1.88. The van der Waals surface area contributed by atoms with Crippen LogP contribution in [0.5, 0.6) is 5.75 Å². The molecule has 1 aliphatic heterocycles. The normalized spacial score (nSPS) is 19.3. The monoisotopic (exact) mass is 303 g/mol. The van der Waals surface area contributed by atoms with Crippen molar-refractivity contribution in [1.29, 1.82) is 0 Å². The van der Waals surface area contributed by atoms with E-state index in [4.69, 9.17) is 4.74 Å². The SMILES string of the molecule is Cn1cncc1CN1CCC[C@@H](COc2cccc(F)c2)C1. The Labute approximate surface area is 130 Å². The second-order valence-electron chi connectivity index (χ2n) is 6.01. The van der Waals surface area contributed by atoms with Crippen LogP contribution in [0.2, 0.25) is 0 Å². The van der Waals surface area contributed by atoms with E-state index < -0.39 is 0 Å². The molecule has 0 N–H and O–H groups in total. The summed E-state index contributed by atoms with van der Waals surface area (Å²) in [5, 5.41) is 0. The molecule has 1 aliphatic rings. The van der Waals surface area contributed by atoms with Crippen molar-refractivity contribution >= 4 is 0 Å². The molecule has 3 rings (SSSR count). The highest BCUT2D eigenvalue weighted by Crippen LogP contribution is 2.20. The van der Waals surface area contributed by atoms with Crippen LogP contribution in [0.3, 0.4) is 0 Å². The summed E-state index contributed by atoms with van der Waals surface area (Å²) >= 11 is 0. The first-order valence-corrected chi connectivity index (χ1v) is 7.76. The number of imidazole rings is 1. The van der Waals surface area contributed by atoms with E-state index in [-0.39, 0.29) is 5.82 Å². The third-order valence-electron chi connectivity index (χ3n) is 4.19. The number of hydrogen-bond donors (Lipinski definition) is 0. The van der Waals surface area contributed by atoms with Gasteiger partial charge in [0.2, 0.25) is 0 Å². The van der Waals surface area contributed by atoms with Crippen LogP contribution in [-0.2, 0) is 13.6 Å². The number of benzene rings is 1. The molecule has 0 saturated carbocycles. The topological polar surface area (TPSA) is 30.3 Å². The van der Waals surface area contributed by atoms with Crippen molar-refractivity contribution in [1.82, 2.24) is 14.5 Å². The molecule has 1 aromatic carbocycles. The van der Waals surface area contributed by atoms with Gasteiger partial charge in [-0.3, -0.25) is 4.90 Å². The van der Waals surface area contributed by atoms with E-state index in [1.807, 2.05) is 19.6 Å². The molecule has 2 aromatic rings. The number of rotatable bonds is 5. The Bertz CT molecular complexity index is 613. The summed E-state index contributed by atoms with van der Waals surface area (Å²) in [4.78, 5) is 6.61. The van der Waals surface area contributed by atoms with Crippen molar-refractivity contribution in [3.63, 3.8) is 0 Å². The number of likely N-dealkylation sites (tertiary alicyclic amines) is 1. The van der Waals surface area contributed by atoms with Gasteiger partial charge in [0, 0.05) is 38.3 Å². The number of nitrogens with zero attached hydrogens (tertiary/aromatic N) is 3. The molecule has 118 valence electrons. The number of aryl methyl sites for hydroxylation is 1. The first-order chi connectivity index (χ1) is 10.7. The van der Waals surface area contributed by atoms with E-state index in [2.05, 4.69) is 14.5 Å². The van der Waals surface area contributed by atoms with E-state index in [0.29, 0.717) is 18.3 Å². The Morgan fingerprint density at radius 1 is 1.41 bits per heavy atom. The van der Waals surface area contributed by atoms with Gasteiger partial charge in [0.1, 0.15) is 11.6 Å². The molecule has 0 radical (unpaired) electrons. The smallest absolute Gasteiger partial charge is 0.126 e. The van der Waals surface area contributed by atoms with Crippen molar-refractivity contribution in [3.05, 3.63) is 48.3 Å². The second-order valence-corrected chi connectivity index (χ2v) is 6.01. The van der Waals surface area contributed by atoms with Crippen LogP contribution in [0, 0.1) is 11.7 Å². The number of piperidine rings is 1. The lowest BCUT2D eigenvalue weighted by Crippen LogP contribution is -2.37. The first kappa shape index (κ1) is 15.0. The van der Waals surface area contributed by atoms with Crippen LogP contribution in [-0.4, -0.2) is 34.1 Å². The summed E-state index contributed by atoms with van der Waals surface area (Å²) in [7, 11) is 2.02. The molecule has 1 saturated heterocycles. The van der Waals surface area contributed by atoms with Gasteiger partial charge in [-0.05, 0) is 31.5 Å². The van der Waals surface area contributed by atoms with Gasteiger partial charge in [-0.1, -0.05) is 6.07 Å². The lowest BCUT2D eigenvalue weighted by Gasteiger charge is -2.32. The Morgan fingerprint density at radius 3 is 3.09 bits per heavy atom. The maximum atomic E-state index is 13.1. The number of hydrogen-bond acceptors (Lipinski definition) is 3. The fraction of sp³-hybridized carbons (Fsp3) is 0.471. The van der Waals surface area contributed by atoms with Crippen LogP contribution in [0.15, 0.2) is 36.8 Å². The molecule has 1 atom stereocenters. The Morgan fingerprint density at radius 2 is 2.32 bits per heavy atom. The van der Waals surface area contributed by atoms with Gasteiger partial charge in [0.15, 0.2) is 0 Å². The van der Waals surface area contributed by atoms with Gasteiger partial charge >= 0.3 is 0 Å². The molecule has 5 heteroatoms. The summed E-state index contributed by atoms with van der Waals surface area (Å²) < 4.78 is 21.0. The largest absolute Gasteiger partial charge is 0.493 e. The van der Waals surface area contributed by atoms with E-state index >= 15 is 0 Å². The summed E-state index contributed by atoms with van der Waals surface area (Å²) in [6.45, 7) is 3.69. The van der Waals surface area contributed by atoms with Gasteiger partial charge in [-0.2, -0.15) is 0 Å². The molecule has 0 unspecified atom stereocenters. The molecule has 0 bridgehead atoms. The van der Waals surface area contributed by atoms with Crippen molar-refractivity contribution in [2.24, 2.45) is 13.0 Å². The summed E-state index contributed by atoms with van der Waals surface area (Å²) in [5.41, 5.74) is 1.23. The highest BCUT2D eigenvalue weighted by molar-refractivity contribution is 5.22. The van der Waals surface area contributed by atoms with Crippen LogP contribution in [0.4, 0.5) is 4.39 Å². The molecule has 0 aliphatic carbocycles. The van der Waals surface area contributed by atoms with Gasteiger partial charge in [-0.25, -0.2) is 9.37 Å². The van der Waals surface area contributed by atoms with Crippen molar-refractivity contribution < 1.29 is 9.13 Å². The Balaban J connectivity index is 1.51. The minimum Gasteiger partial charge on any atom is -0.493 e. The van der Waals surface area contributed by atoms with E-state index in [0.717, 1.165) is 26.1 Å². The third-order valence-corrected chi connectivity index (χ3v) is 4.19. The lowest BCUT2D eigenvalue weighted by molar-refractivity contribution is 0.123. The van der Waals surface area contributed by atoms with Gasteiger partial charge in [0.05, 0.1) is 18.6 Å². The van der Waals surface area contributed by atoms with Gasteiger partial charge in [-0.15, -0.1) is 0 Å². The predicted molar refractivity (Wildman–Crippen MR) is 83.1 cm³/mol. The summed E-state index contributed by atoms with van der Waals surface area (Å²) in [6.07, 6.45) is 6.10. The summed E-state index contributed by atoms with van der Waals surface area (Å²) in [6, 6.07) is 6.36. The maximum absolute atomic E-state index is 13.1. The molecule has 1 aromatic heterocycles. The fourth-order valence-electron chi connectivity index (χ4n) is 2.97. The molecule has 1 fully saturated rings. The minimum absolute atomic E-state index is 0.251. The Kier molecular flexibility index (Phi) is 4.73.